The zero-order valence-corrected chi connectivity index (χ0v) is 10.3. The number of aryl methyl sites for hydroxylation is 2. The maximum absolute atomic E-state index is 5.51. The molecule has 0 saturated heterocycles. The van der Waals surface area contributed by atoms with E-state index in [1.807, 2.05) is 0 Å². The van der Waals surface area contributed by atoms with Crippen molar-refractivity contribution in [3.8, 4) is 0 Å². The van der Waals surface area contributed by atoms with Crippen LogP contribution in [0.4, 0.5) is 5.69 Å². The molecule has 1 unspecified atom stereocenters. The second kappa shape index (κ2) is 5.12. The number of benzene rings is 1. The Morgan fingerprint density at radius 2 is 1.93 bits per heavy atom. The van der Waals surface area contributed by atoms with Gasteiger partial charge >= 0.3 is 0 Å². The molecule has 3 heteroatoms. The summed E-state index contributed by atoms with van der Waals surface area (Å²) in [5.74, 6) is 0. The maximum Gasteiger partial charge on any atom is 0.0747 e. The van der Waals surface area contributed by atoms with Crippen molar-refractivity contribution in [2.24, 2.45) is 5.73 Å². The molecule has 0 spiro atoms. The molecule has 0 radical (unpaired) electrons. The van der Waals surface area contributed by atoms with Crippen LogP contribution in [0.25, 0.3) is 0 Å². The van der Waals surface area contributed by atoms with Gasteiger partial charge in [-0.1, -0.05) is 30.4 Å². The van der Waals surface area contributed by atoms with Crippen LogP contribution in [-0.4, -0.2) is 11.0 Å². The van der Waals surface area contributed by atoms with Crippen molar-refractivity contribution in [1.29, 1.82) is 0 Å². The lowest BCUT2D eigenvalue weighted by atomic mass is 10.1. The van der Waals surface area contributed by atoms with Gasteiger partial charge in [-0.3, -0.25) is 0 Å². The Balaban J connectivity index is 2.76. The van der Waals surface area contributed by atoms with Crippen LogP contribution in [0.3, 0.4) is 0 Å². The summed E-state index contributed by atoms with van der Waals surface area (Å²) < 4.78 is 0. The molecule has 0 amide bonds. The summed E-state index contributed by atoms with van der Waals surface area (Å²) in [6.45, 7) is 6.29. The summed E-state index contributed by atoms with van der Waals surface area (Å²) in [6, 6.07) is 6.54. The van der Waals surface area contributed by atoms with Crippen molar-refractivity contribution >= 4 is 22.9 Å². The number of hydrogen-bond acceptors (Lipinski definition) is 2. The first-order valence-corrected chi connectivity index (χ1v) is 5.52. The summed E-state index contributed by atoms with van der Waals surface area (Å²) in [7, 11) is 0. The first-order chi connectivity index (χ1) is 7.00. The van der Waals surface area contributed by atoms with E-state index in [9.17, 15) is 0 Å². The van der Waals surface area contributed by atoms with Gasteiger partial charge in [0.1, 0.15) is 0 Å². The van der Waals surface area contributed by atoms with Gasteiger partial charge < -0.3 is 11.1 Å². The highest BCUT2D eigenvalue weighted by Crippen LogP contribution is 2.20. The normalized spacial score (nSPS) is 12.2. The van der Waals surface area contributed by atoms with Crippen LogP contribution < -0.4 is 11.1 Å². The molecule has 0 aromatic heterocycles. The molecular formula is C12H18N2S. The lowest BCUT2D eigenvalue weighted by molar-refractivity contribution is 0.836. The van der Waals surface area contributed by atoms with Gasteiger partial charge in [0.15, 0.2) is 0 Å². The summed E-state index contributed by atoms with van der Waals surface area (Å²) in [4.78, 5) is 0.557. The average molecular weight is 222 g/mol. The monoisotopic (exact) mass is 222 g/mol. The maximum atomic E-state index is 5.51. The number of thiocarbonyl (C=S) groups is 1. The van der Waals surface area contributed by atoms with E-state index in [0.29, 0.717) is 4.99 Å². The molecule has 0 saturated carbocycles. The number of anilines is 1. The van der Waals surface area contributed by atoms with E-state index in [4.69, 9.17) is 18.0 Å². The van der Waals surface area contributed by atoms with Crippen molar-refractivity contribution in [3.63, 3.8) is 0 Å². The minimum absolute atomic E-state index is 0.280. The van der Waals surface area contributed by atoms with E-state index < -0.39 is 0 Å². The fraction of sp³-hybridized carbons (Fsp3) is 0.417. The number of nitrogens with one attached hydrogen (secondary N) is 1. The molecule has 1 aromatic carbocycles. The Hall–Kier alpha value is -1.09. The Kier molecular flexibility index (Phi) is 4.09. The molecule has 0 aliphatic carbocycles. The van der Waals surface area contributed by atoms with E-state index >= 15 is 0 Å². The smallest absolute Gasteiger partial charge is 0.0747 e. The van der Waals surface area contributed by atoms with Crippen LogP contribution in [0.15, 0.2) is 18.2 Å². The zero-order chi connectivity index (χ0) is 11.4. The van der Waals surface area contributed by atoms with E-state index in [0.717, 1.165) is 6.42 Å². The molecule has 0 heterocycles. The molecule has 0 aliphatic heterocycles. The van der Waals surface area contributed by atoms with Crippen molar-refractivity contribution < 1.29 is 0 Å². The van der Waals surface area contributed by atoms with Crippen LogP contribution in [0.2, 0.25) is 0 Å². The lowest BCUT2D eigenvalue weighted by Crippen LogP contribution is -2.23. The minimum Gasteiger partial charge on any atom is -0.393 e. The summed E-state index contributed by atoms with van der Waals surface area (Å²) in [5, 5.41) is 3.44. The second-order valence-electron chi connectivity index (χ2n) is 3.98. The van der Waals surface area contributed by atoms with E-state index in [1.165, 1.54) is 16.8 Å². The fourth-order valence-electron chi connectivity index (χ4n) is 1.64. The van der Waals surface area contributed by atoms with Gasteiger partial charge in [0.05, 0.1) is 4.99 Å². The third-order valence-electron chi connectivity index (χ3n) is 2.38. The molecule has 2 nitrogen and oxygen atoms in total. The van der Waals surface area contributed by atoms with Crippen LogP contribution in [0, 0.1) is 13.8 Å². The summed E-state index contributed by atoms with van der Waals surface area (Å²) in [6.07, 6.45) is 0.725. The van der Waals surface area contributed by atoms with E-state index in [2.05, 4.69) is 44.3 Å². The molecule has 1 rings (SSSR count). The molecule has 3 N–H and O–H groups in total. The number of para-hydroxylation sites is 1. The number of nitrogens with two attached hydrogens (primary N) is 1. The lowest BCUT2D eigenvalue weighted by Gasteiger charge is -2.18. The zero-order valence-electron chi connectivity index (χ0n) is 9.50. The van der Waals surface area contributed by atoms with Gasteiger partial charge in [0, 0.05) is 18.2 Å². The highest BCUT2D eigenvalue weighted by Gasteiger charge is 2.07. The minimum atomic E-state index is 0.280. The highest BCUT2D eigenvalue weighted by molar-refractivity contribution is 7.80. The summed E-state index contributed by atoms with van der Waals surface area (Å²) in [5.41, 5.74) is 9.22. The van der Waals surface area contributed by atoms with Crippen LogP contribution in [0.5, 0.6) is 0 Å². The fourth-order valence-corrected chi connectivity index (χ4v) is 1.89. The molecule has 15 heavy (non-hydrogen) atoms. The van der Waals surface area contributed by atoms with Crippen molar-refractivity contribution in [2.45, 2.75) is 33.2 Å². The first-order valence-electron chi connectivity index (χ1n) is 5.11. The molecule has 0 bridgehead atoms. The quantitative estimate of drug-likeness (QED) is 0.769. The average Bonchev–Trinajstić information content (AvgIpc) is 2.10. The third-order valence-corrected chi connectivity index (χ3v) is 2.55. The van der Waals surface area contributed by atoms with Crippen LogP contribution >= 0.6 is 12.2 Å². The Morgan fingerprint density at radius 1 is 1.40 bits per heavy atom. The Labute approximate surface area is 96.9 Å². The van der Waals surface area contributed by atoms with Crippen molar-refractivity contribution in [1.82, 2.24) is 0 Å². The highest BCUT2D eigenvalue weighted by atomic mass is 32.1. The first kappa shape index (κ1) is 12.0. The van der Waals surface area contributed by atoms with Crippen molar-refractivity contribution in [3.05, 3.63) is 29.3 Å². The molecular weight excluding hydrogens is 204 g/mol. The third kappa shape index (κ3) is 3.51. The molecule has 1 atom stereocenters. The molecule has 0 fully saturated rings. The Bertz CT molecular complexity index is 340. The summed E-state index contributed by atoms with van der Waals surface area (Å²) >= 11 is 4.89. The second-order valence-corrected chi connectivity index (χ2v) is 4.51. The molecule has 1 aromatic rings. The Morgan fingerprint density at radius 3 is 2.40 bits per heavy atom. The van der Waals surface area contributed by atoms with Gasteiger partial charge in [-0.2, -0.15) is 0 Å². The number of rotatable bonds is 4. The molecule has 82 valence electrons. The van der Waals surface area contributed by atoms with Crippen molar-refractivity contribution in [2.75, 3.05) is 5.32 Å². The largest absolute Gasteiger partial charge is 0.393 e. The number of hydrogen-bond donors (Lipinski definition) is 2. The van der Waals surface area contributed by atoms with Gasteiger partial charge in [-0.05, 0) is 31.9 Å². The predicted octanol–water partition coefficient (Wildman–Crippen LogP) is 2.78. The van der Waals surface area contributed by atoms with Crippen LogP contribution in [0.1, 0.15) is 24.5 Å². The predicted molar refractivity (Wildman–Crippen MR) is 70.4 cm³/mol. The standard InChI is InChI=1S/C12H18N2S/c1-8-5-4-6-9(2)12(8)14-10(3)7-11(13)15/h4-6,10,14H,7H2,1-3H3,(H2,13,15). The van der Waals surface area contributed by atoms with Crippen LogP contribution in [-0.2, 0) is 0 Å². The van der Waals surface area contributed by atoms with E-state index in [-0.39, 0.29) is 6.04 Å². The van der Waals surface area contributed by atoms with Gasteiger partial charge in [-0.15, -0.1) is 0 Å². The topological polar surface area (TPSA) is 38.0 Å². The van der Waals surface area contributed by atoms with Gasteiger partial charge in [0.25, 0.3) is 0 Å². The van der Waals surface area contributed by atoms with Gasteiger partial charge in [0.2, 0.25) is 0 Å². The van der Waals surface area contributed by atoms with Gasteiger partial charge in [-0.25, -0.2) is 0 Å². The SMILES string of the molecule is Cc1cccc(C)c1NC(C)CC(N)=S. The molecule has 0 aliphatic rings. The van der Waals surface area contributed by atoms with E-state index in [1.54, 1.807) is 0 Å².